The van der Waals surface area contributed by atoms with Gasteiger partial charge in [0.25, 0.3) is 5.91 Å². The number of hydrazine groups is 1. The number of likely N-dealkylation sites (tertiary alicyclic amines) is 1. The van der Waals surface area contributed by atoms with Gasteiger partial charge in [-0.05, 0) is 120 Å². The van der Waals surface area contributed by atoms with Gasteiger partial charge in [0.05, 0.1) is 17.5 Å². The summed E-state index contributed by atoms with van der Waals surface area (Å²) in [6.07, 6.45) is 6.54. The quantitative estimate of drug-likeness (QED) is 0.167. The molecule has 0 aromatic heterocycles. The third kappa shape index (κ3) is 9.85. The van der Waals surface area contributed by atoms with E-state index in [1.165, 1.54) is 11.3 Å². The van der Waals surface area contributed by atoms with E-state index in [9.17, 15) is 19.2 Å². The number of carbonyl (C=O) groups excluding carboxylic acids is 4. The van der Waals surface area contributed by atoms with Crippen molar-refractivity contribution < 1.29 is 28.7 Å². The molecule has 1 saturated carbocycles. The van der Waals surface area contributed by atoms with E-state index < -0.39 is 41.2 Å². The van der Waals surface area contributed by atoms with Crippen molar-refractivity contribution in [3.8, 4) is 11.1 Å². The maximum Gasteiger partial charge on any atom is 0.411 e. The Morgan fingerprint density at radius 1 is 0.833 bits per heavy atom. The zero-order valence-corrected chi connectivity index (χ0v) is 36.8. The number of esters is 1. The Labute approximate surface area is 360 Å². The van der Waals surface area contributed by atoms with E-state index in [1.54, 1.807) is 32.9 Å². The molecule has 3 fully saturated rings. The fourth-order valence-electron chi connectivity index (χ4n) is 9.67. The van der Waals surface area contributed by atoms with Gasteiger partial charge >= 0.3 is 12.1 Å². The largest absolute Gasteiger partial charge is 0.463 e. The molecule has 12 heteroatoms. The fourth-order valence-corrected chi connectivity index (χ4v) is 9.80. The van der Waals surface area contributed by atoms with Crippen molar-refractivity contribution >= 4 is 35.5 Å². The van der Waals surface area contributed by atoms with Crippen LogP contribution in [0.15, 0.2) is 72.8 Å². The minimum Gasteiger partial charge on any atom is -0.463 e. The van der Waals surface area contributed by atoms with Crippen LogP contribution in [0.2, 0.25) is 5.02 Å². The Morgan fingerprint density at radius 3 is 2.02 bits per heavy atom. The Bertz CT molecular complexity index is 1980. The van der Waals surface area contributed by atoms with Crippen LogP contribution in [-0.2, 0) is 30.3 Å². The maximum atomic E-state index is 14.4. The molecule has 0 spiro atoms. The maximum absolute atomic E-state index is 14.4. The van der Waals surface area contributed by atoms with E-state index in [0.29, 0.717) is 43.3 Å². The van der Waals surface area contributed by atoms with Gasteiger partial charge in [0.2, 0.25) is 5.91 Å². The average molecular weight is 841 g/mol. The van der Waals surface area contributed by atoms with E-state index in [-0.39, 0.29) is 36.4 Å². The van der Waals surface area contributed by atoms with Gasteiger partial charge in [-0.15, -0.1) is 0 Å². The van der Waals surface area contributed by atoms with Crippen LogP contribution >= 0.6 is 11.6 Å². The minimum atomic E-state index is -1.03. The number of carbonyl (C=O) groups is 4. The van der Waals surface area contributed by atoms with E-state index in [0.717, 1.165) is 53.5 Å². The first-order chi connectivity index (χ1) is 28.5. The van der Waals surface area contributed by atoms with Gasteiger partial charge < -0.3 is 14.8 Å². The number of hydrogen-bond donors (Lipinski definition) is 3. The van der Waals surface area contributed by atoms with Crippen molar-refractivity contribution in [1.29, 1.82) is 0 Å². The smallest absolute Gasteiger partial charge is 0.411 e. The van der Waals surface area contributed by atoms with Gasteiger partial charge in [-0.2, -0.15) is 0 Å². The predicted octanol–water partition coefficient (Wildman–Crippen LogP) is 7.79. The number of halogens is 1. The Balaban J connectivity index is 1.08. The highest BCUT2D eigenvalue weighted by Crippen LogP contribution is 2.47. The Hall–Kier alpha value is -4.45. The molecule has 3 amide bonds. The second-order valence-electron chi connectivity index (χ2n) is 19.2. The summed E-state index contributed by atoms with van der Waals surface area (Å²) in [5, 5.41) is 9.28. The molecule has 60 heavy (non-hydrogen) atoms. The van der Waals surface area contributed by atoms with E-state index in [1.807, 2.05) is 62.2 Å². The van der Waals surface area contributed by atoms with Crippen molar-refractivity contribution in [3.63, 3.8) is 0 Å². The molecular formula is C48H62ClN5O6. The molecular weight excluding hydrogens is 778 g/mol. The minimum absolute atomic E-state index is 0.0952. The number of amides is 3. The molecule has 11 nitrogen and oxygen atoms in total. The number of nitrogens with one attached hydrogen (secondary N) is 3. The summed E-state index contributed by atoms with van der Waals surface area (Å²) in [6, 6.07) is 21.2. The number of hydrogen-bond acceptors (Lipinski definition) is 8. The number of benzene rings is 3. The summed E-state index contributed by atoms with van der Waals surface area (Å²) >= 11 is 6.24. The Kier molecular flexibility index (Phi) is 13.0. The molecule has 0 bridgehead atoms. The summed E-state index contributed by atoms with van der Waals surface area (Å²) < 4.78 is 11.8. The average Bonchev–Trinajstić information content (AvgIpc) is 3.51. The zero-order valence-electron chi connectivity index (χ0n) is 36.0. The zero-order chi connectivity index (χ0) is 42.8. The van der Waals surface area contributed by atoms with E-state index in [4.69, 9.17) is 21.1 Å². The van der Waals surface area contributed by atoms with Crippen LogP contribution in [-0.4, -0.2) is 89.3 Å². The molecule has 2 heterocycles. The first kappa shape index (κ1) is 43.6. The highest BCUT2D eigenvalue weighted by molar-refractivity contribution is 6.30. The van der Waals surface area contributed by atoms with Crippen LogP contribution in [0.1, 0.15) is 109 Å². The van der Waals surface area contributed by atoms with Gasteiger partial charge in [0.15, 0.2) is 0 Å². The van der Waals surface area contributed by atoms with Crippen molar-refractivity contribution in [1.82, 2.24) is 26.0 Å². The number of nitrogens with zero attached hydrogens (tertiary/aromatic N) is 2. The first-order valence-corrected chi connectivity index (χ1v) is 22.1. The van der Waals surface area contributed by atoms with Gasteiger partial charge in [0, 0.05) is 36.1 Å². The molecule has 2 aliphatic heterocycles. The Morgan fingerprint density at radius 2 is 1.43 bits per heavy atom. The van der Waals surface area contributed by atoms with Crippen LogP contribution in [0.25, 0.3) is 11.1 Å². The fraction of sp³-hybridized carbons (Fsp3) is 0.542. The topological polar surface area (TPSA) is 129 Å². The van der Waals surface area contributed by atoms with Crippen LogP contribution in [0.3, 0.4) is 0 Å². The van der Waals surface area contributed by atoms with E-state index in [2.05, 4.69) is 40.3 Å². The molecule has 4 aliphatic rings. The molecule has 322 valence electrons. The van der Waals surface area contributed by atoms with Gasteiger partial charge in [-0.1, -0.05) is 91.5 Å². The number of ether oxygens (including phenoxy) is 2. The summed E-state index contributed by atoms with van der Waals surface area (Å²) in [5.74, 6) is -0.565. The predicted molar refractivity (Wildman–Crippen MR) is 233 cm³/mol. The summed E-state index contributed by atoms with van der Waals surface area (Å²) in [6.45, 7) is 12.7. The SMILES string of the molecule is CC(C)(C)NC(=O)C1(C2CCCCC2)CCN(NC(=O)[C@@H](Cc2ccc(Cl)cc2)NC2CN(C(=O)OC(C)(C)C)C2C(=O)OCC2c3ccccc3-c3ccccc32)CC1. The monoisotopic (exact) mass is 839 g/mol. The molecule has 2 unspecified atom stereocenters. The number of piperidine rings is 1. The van der Waals surface area contributed by atoms with E-state index >= 15 is 0 Å². The van der Waals surface area contributed by atoms with Crippen molar-refractivity contribution in [3.05, 3.63) is 94.5 Å². The van der Waals surface area contributed by atoms with Crippen LogP contribution in [0.5, 0.6) is 0 Å². The third-order valence-corrected chi connectivity index (χ3v) is 12.9. The summed E-state index contributed by atoms with van der Waals surface area (Å²) in [7, 11) is 0. The lowest BCUT2D eigenvalue weighted by molar-refractivity contribution is -0.158. The summed E-state index contributed by atoms with van der Waals surface area (Å²) in [4.78, 5) is 57.6. The standard InChI is InChI=1S/C48H62ClN5O6/c1-46(2,3)51-44(57)48(32-14-8-7-9-15-32)24-26-53(27-25-48)52-42(55)39(28-31-20-22-33(49)23-21-31)50-40-29-54(45(58)60-47(4,5)6)41(40)43(56)59-30-38-36-18-12-10-16-34(36)35-17-11-13-19-37(35)38/h10-13,16-23,32,38-41,50H,7-9,14-15,24-30H2,1-6H3,(H,51,57)(H,52,55)/t39-,40?,41?/m1/s1. The number of fused-ring (bicyclic) bond motifs is 3. The molecule has 3 atom stereocenters. The molecule has 3 aromatic carbocycles. The van der Waals surface area contributed by atoms with Crippen molar-refractivity contribution in [2.24, 2.45) is 11.3 Å². The second kappa shape index (κ2) is 17.9. The molecule has 3 N–H and O–H groups in total. The van der Waals surface area contributed by atoms with Crippen LogP contribution in [0.4, 0.5) is 4.79 Å². The van der Waals surface area contributed by atoms with Crippen molar-refractivity contribution in [2.45, 2.75) is 128 Å². The molecule has 0 radical (unpaired) electrons. The van der Waals surface area contributed by atoms with Crippen LogP contribution in [0, 0.1) is 11.3 Å². The highest BCUT2D eigenvalue weighted by Gasteiger charge is 2.51. The molecule has 3 aromatic rings. The summed E-state index contributed by atoms with van der Waals surface area (Å²) in [5.41, 5.74) is 6.84. The van der Waals surface area contributed by atoms with Gasteiger partial charge in [-0.25, -0.2) is 14.6 Å². The van der Waals surface area contributed by atoms with Gasteiger partial charge in [0.1, 0.15) is 18.2 Å². The molecule has 2 aliphatic carbocycles. The molecule has 7 rings (SSSR count). The third-order valence-electron chi connectivity index (χ3n) is 12.7. The van der Waals surface area contributed by atoms with Crippen molar-refractivity contribution in [2.75, 3.05) is 26.2 Å². The normalized spacial score (nSPS) is 21.2. The lowest BCUT2D eigenvalue weighted by atomic mass is 9.63. The number of rotatable bonds is 11. The lowest BCUT2D eigenvalue weighted by Gasteiger charge is -2.48. The second-order valence-corrected chi connectivity index (χ2v) is 19.7. The highest BCUT2D eigenvalue weighted by atomic mass is 35.5. The molecule has 2 saturated heterocycles. The van der Waals surface area contributed by atoms with Crippen LogP contribution < -0.4 is 16.1 Å². The van der Waals surface area contributed by atoms with Gasteiger partial charge in [-0.3, -0.25) is 25.2 Å². The lowest BCUT2D eigenvalue weighted by Crippen LogP contribution is -2.73. The first-order valence-electron chi connectivity index (χ1n) is 21.7.